The zero-order valence-electron chi connectivity index (χ0n) is 17.6. The molecule has 0 bridgehead atoms. The Hall–Kier alpha value is -2.24. The zero-order valence-corrected chi connectivity index (χ0v) is 19.2. The minimum atomic E-state index is 0.0546. The van der Waals surface area contributed by atoms with E-state index in [1.54, 1.807) is 22.7 Å². The molecule has 29 heavy (non-hydrogen) atoms. The van der Waals surface area contributed by atoms with Crippen molar-refractivity contribution in [1.82, 2.24) is 0 Å². The number of hydrogen-bond donors (Lipinski definition) is 0. The van der Waals surface area contributed by atoms with Gasteiger partial charge in [-0.15, -0.1) is 22.7 Å². The lowest BCUT2D eigenvalue weighted by Gasteiger charge is -2.22. The summed E-state index contributed by atoms with van der Waals surface area (Å²) in [5.74, 6) is 0.0546. The van der Waals surface area contributed by atoms with E-state index in [-0.39, 0.29) is 17.9 Å². The molecule has 0 atom stereocenters. The third-order valence-electron chi connectivity index (χ3n) is 5.44. The lowest BCUT2D eigenvalue weighted by Crippen LogP contribution is -2.31. The SMILES string of the molecule is Cc1sc2c(c1C)C(c1cccs1)=NCC(=O)N2Cc1ccc(C(C)(C)C)cc1. The van der Waals surface area contributed by atoms with Gasteiger partial charge in [-0.1, -0.05) is 51.1 Å². The first-order valence-corrected chi connectivity index (χ1v) is 11.5. The summed E-state index contributed by atoms with van der Waals surface area (Å²) in [4.78, 5) is 22.1. The minimum Gasteiger partial charge on any atom is -0.297 e. The second-order valence-electron chi connectivity index (χ2n) is 8.53. The third-order valence-corrected chi connectivity index (χ3v) is 7.54. The van der Waals surface area contributed by atoms with Crippen molar-refractivity contribution in [2.45, 2.75) is 46.6 Å². The van der Waals surface area contributed by atoms with Crippen LogP contribution in [0.1, 0.15) is 52.8 Å². The van der Waals surface area contributed by atoms with Crippen LogP contribution in [-0.2, 0) is 16.8 Å². The predicted molar refractivity (Wildman–Crippen MR) is 125 cm³/mol. The van der Waals surface area contributed by atoms with E-state index >= 15 is 0 Å². The highest BCUT2D eigenvalue weighted by Gasteiger charge is 2.30. The zero-order chi connectivity index (χ0) is 20.8. The maximum atomic E-state index is 13.1. The van der Waals surface area contributed by atoms with E-state index in [0.717, 1.165) is 26.7 Å². The number of rotatable bonds is 3. The van der Waals surface area contributed by atoms with Gasteiger partial charge in [0.25, 0.3) is 0 Å². The second-order valence-corrected chi connectivity index (χ2v) is 10.7. The number of fused-ring (bicyclic) bond motifs is 1. The molecule has 1 aromatic carbocycles. The summed E-state index contributed by atoms with van der Waals surface area (Å²) in [6.07, 6.45) is 0. The molecule has 1 aliphatic rings. The lowest BCUT2D eigenvalue weighted by atomic mass is 9.87. The van der Waals surface area contributed by atoms with Crippen LogP contribution in [0.5, 0.6) is 0 Å². The van der Waals surface area contributed by atoms with Gasteiger partial charge in [0.2, 0.25) is 5.91 Å². The van der Waals surface area contributed by atoms with Crippen LogP contribution in [0, 0.1) is 13.8 Å². The van der Waals surface area contributed by atoms with Crippen LogP contribution in [0.25, 0.3) is 0 Å². The number of aliphatic imine (C=N–C) groups is 1. The first-order chi connectivity index (χ1) is 13.8. The van der Waals surface area contributed by atoms with Gasteiger partial charge < -0.3 is 0 Å². The molecule has 0 N–H and O–H groups in total. The second kappa shape index (κ2) is 7.54. The fourth-order valence-corrected chi connectivity index (χ4v) is 5.48. The summed E-state index contributed by atoms with van der Waals surface area (Å²) in [5.41, 5.74) is 5.86. The van der Waals surface area contributed by atoms with Crippen LogP contribution in [0.15, 0.2) is 46.8 Å². The predicted octanol–water partition coefficient (Wildman–Crippen LogP) is 6.11. The molecule has 1 amide bonds. The van der Waals surface area contributed by atoms with Crippen LogP contribution >= 0.6 is 22.7 Å². The van der Waals surface area contributed by atoms with Crippen LogP contribution in [-0.4, -0.2) is 18.2 Å². The molecule has 0 unspecified atom stereocenters. The largest absolute Gasteiger partial charge is 0.297 e. The minimum absolute atomic E-state index is 0.0546. The number of thiophene rings is 2. The number of hydrogen-bond acceptors (Lipinski definition) is 4. The van der Waals surface area contributed by atoms with Gasteiger partial charge in [0.05, 0.1) is 17.1 Å². The first-order valence-electron chi connectivity index (χ1n) is 9.84. The molecule has 0 radical (unpaired) electrons. The van der Waals surface area contributed by atoms with E-state index in [2.05, 4.69) is 70.3 Å². The van der Waals surface area contributed by atoms with Gasteiger partial charge in [0.1, 0.15) is 11.5 Å². The molecular weight excluding hydrogens is 396 g/mol. The molecule has 0 saturated carbocycles. The van der Waals surface area contributed by atoms with Gasteiger partial charge in [-0.3, -0.25) is 14.7 Å². The molecule has 4 rings (SSSR count). The van der Waals surface area contributed by atoms with Crippen molar-refractivity contribution in [3.63, 3.8) is 0 Å². The summed E-state index contributed by atoms with van der Waals surface area (Å²) in [6.45, 7) is 11.7. The molecule has 0 fully saturated rings. The Bertz CT molecular complexity index is 1070. The van der Waals surface area contributed by atoms with Crippen molar-refractivity contribution in [1.29, 1.82) is 0 Å². The van der Waals surface area contributed by atoms with Gasteiger partial charge >= 0.3 is 0 Å². The average Bonchev–Trinajstić information content (AvgIpc) is 3.27. The van der Waals surface area contributed by atoms with Gasteiger partial charge in [-0.05, 0) is 47.4 Å². The molecule has 0 saturated heterocycles. The van der Waals surface area contributed by atoms with E-state index in [9.17, 15) is 4.79 Å². The third kappa shape index (κ3) is 3.81. The Kier molecular flexibility index (Phi) is 5.21. The van der Waals surface area contributed by atoms with Gasteiger partial charge in [0, 0.05) is 10.4 Å². The van der Waals surface area contributed by atoms with E-state index < -0.39 is 0 Å². The molecule has 0 aliphatic carbocycles. The summed E-state index contributed by atoms with van der Waals surface area (Å²) in [6, 6.07) is 12.8. The average molecular weight is 423 g/mol. The van der Waals surface area contributed by atoms with Crippen molar-refractivity contribution < 1.29 is 4.79 Å². The number of nitrogens with zero attached hydrogens (tertiary/aromatic N) is 2. The van der Waals surface area contributed by atoms with Gasteiger partial charge in [0.15, 0.2) is 0 Å². The number of aryl methyl sites for hydroxylation is 1. The number of carbonyl (C=O) groups is 1. The van der Waals surface area contributed by atoms with Crippen molar-refractivity contribution in [2.75, 3.05) is 11.4 Å². The van der Waals surface area contributed by atoms with Gasteiger partial charge in [-0.2, -0.15) is 0 Å². The quantitative estimate of drug-likeness (QED) is 0.501. The normalized spacial score (nSPS) is 14.6. The van der Waals surface area contributed by atoms with Crippen LogP contribution in [0.4, 0.5) is 5.00 Å². The Labute approximate surface area is 180 Å². The Morgan fingerprint density at radius 3 is 2.45 bits per heavy atom. The summed E-state index contributed by atoms with van der Waals surface area (Å²) in [7, 11) is 0. The van der Waals surface area contributed by atoms with Crippen molar-refractivity contribution in [3.8, 4) is 0 Å². The molecule has 2 aromatic heterocycles. The number of carbonyl (C=O) groups excluding carboxylic acids is 1. The monoisotopic (exact) mass is 422 g/mol. The lowest BCUT2D eigenvalue weighted by molar-refractivity contribution is -0.117. The standard InChI is InChI=1S/C24H26N2OS2/c1-15-16(2)29-23-21(15)22(19-7-6-12-28-19)25-13-20(27)26(23)14-17-8-10-18(11-9-17)24(3,4)5/h6-12H,13-14H2,1-5H3. The summed E-state index contributed by atoms with van der Waals surface area (Å²) < 4.78 is 0. The molecule has 3 heterocycles. The highest BCUT2D eigenvalue weighted by molar-refractivity contribution is 7.17. The van der Waals surface area contributed by atoms with Crippen molar-refractivity contribution in [2.24, 2.45) is 4.99 Å². The van der Waals surface area contributed by atoms with Gasteiger partial charge in [-0.25, -0.2) is 0 Å². The van der Waals surface area contributed by atoms with Crippen molar-refractivity contribution >= 4 is 39.3 Å². The molecule has 3 nitrogen and oxygen atoms in total. The highest BCUT2D eigenvalue weighted by atomic mass is 32.1. The molecule has 1 aliphatic heterocycles. The maximum absolute atomic E-state index is 13.1. The topological polar surface area (TPSA) is 32.7 Å². The number of amides is 1. The smallest absolute Gasteiger partial charge is 0.249 e. The Morgan fingerprint density at radius 1 is 1.10 bits per heavy atom. The summed E-state index contributed by atoms with van der Waals surface area (Å²) in [5, 5.41) is 3.09. The van der Waals surface area contributed by atoms with E-state index in [1.165, 1.54) is 16.0 Å². The Balaban J connectivity index is 1.74. The molecule has 3 aromatic rings. The first kappa shape index (κ1) is 20.0. The molecular formula is C24H26N2OS2. The molecule has 0 spiro atoms. The van der Waals surface area contributed by atoms with Crippen LogP contribution in [0.3, 0.4) is 0 Å². The fourth-order valence-electron chi connectivity index (χ4n) is 3.57. The maximum Gasteiger partial charge on any atom is 0.249 e. The fraction of sp³-hybridized carbons (Fsp3) is 0.333. The van der Waals surface area contributed by atoms with E-state index in [4.69, 9.17) is 4.99 Å². The highest BCUT2D eigenvalue weighted by Crippen LogP contribution is 2.40. The van der Waals surface area contributed by atoms with E-state index in [0.29, 0.717) is 6.54 Å². The van der Waals surface area contributed by atoms with E-state index in [1.807, 2.05) is 11.0 Å². The molecule has 5 heteroatoms. The molecule has 150 valence electrons. The number of anilines is 1. The Morgan fingerprint density at radius 2 is 1.83 bits per heavy atom. The van der Waals surface area contributed by atoms with Crippen LogP contribution < -0.4 is 4.90 Å². The number of benzene rings is 1. The summed E-state index contributed by atoms with van der Waals surface area (Å²) >= 11 is 3.37. The van der Waals surface area contributed by atoms with Crippen molar-refractivity contribution in [3.05, 3.63) is 73.8 Å². The van der Waals surface area contributed by atoms with Crippen LogP contribution in [0.2, 0.25) is 0 Å².